The van der Waals surface area contributed by atoms with Crippen molar-refractivity contribution in [2.24, 2.45) is 5.92 Å². The average molecular weight is 456 g/mol. The maximum atomic E-state index is 13.4. The van der Waals surface area contributed by atoms with Gasteiger partial charge in [-0.2, -0.15) is 9.57 Å². The summed E-state index contributed by atoms with van der Waals surface area (Å²) in [6, 6.07) is 16.0. The summed E-state index contributed by atoms with van der Waals surface area (Å²) < 4.78 is 27.4. The number of rotatable bonds is 3. The third-order valence-corrected chi connectivity index (χ3v) is 9.08. The van der Waals surface area contributed by atoms with E-state index in [2.05, 4.69) is 13.0 Å². The Bertz CT molecular complexity index is 1100. The number of carbonyl (C=O) groups is 1. The lowest BCUT2D eigenvalue weighted by molar-refractivity contribution is -0.123. The molecular formula is C23H25N3O3S2. The van der Waals surface area contributed by atoms with E-state index < -0.39 is 10.0 Å². The molecule has 0 aliphatic carbocycles. The van der Waals surface area contributed by atoms with Crippen LogP contribution in [0.15, 0.2) is 58.3 Å². The van der Waals surface area contributed by atoms with Crippen molar-refractivity contribution in [2.75, 3.05) is 24.5 Å². The zero-order valence-electron chi connectivity index (χ0n) is 17.4. The number of anilines is 1. The summed E-state index contributed by atoms with van der Waals surface area (Å²) in [6.07, 6.45) is 1.95. The van der Waals surface area contributed by atoms with Gasteiger partial charge in [0.25, 0.3) is 0 Å². The number of thioether (sulfide) groups is 1. The van der Waals surface area contributed by atoms with Gasteiger partial charge < -0.3 is 4.90 Å². The van der Waals surface area contributed by atoms with Crippen molar-refractivity contribution < 1.29 is 13.2 Å². The van der Waals surface area contributed by atoms with Gasteiger partial charge in [0, 0.05) is 35.7 Å². The minimum absolute atomic E-state index is 0.0950. The van der Waals surface area contributed by atoms with Gasteiger partial charge in [-0.05, 0) is 55.7 Å². The Kier molecular flexibility index (Phi) is 6.37. The number of para-hydroxylation sites is 1. The molecule has 31 heavy (non-hydrogen) atoms. The summed E-state index contributed by atoms with van der Waals surface area (Å²) in [5, 5.41) is 9.36. The summed E-state index contributed by atoms with van der Waals surface area (Å²) in [5.74, 6) is -0.0866. The number of benzene rings is 2. The van der Waals surface area contributed by atoms with Crippen molar-refractivity contribution in [1.29, 1.82) is 5.26 Å². The molecule has 8 heteroatoms. The highest BCUT2D eigenvalue weighted by molar-refractivity contribution is 8.00. The number of hydrogen-bond acceptors (Lipinski definition) is 5. The van der Waals surface area contributed by atoms with Crippen molar-refractivity contribution in [3.63, 3.8) is 0 Å². The summed E-state index contributed by atoms with van der Waals surface area (Å²) in [4.78, 5) is 16.6. The molecule has 2 heterocycles. The summed E-state index contributed by atoms with van der Waals surface area (Å²) in [7, 11) is -3.63. The highest BCUT2D eigenvalue weighted by atomic mass is 32.2. The first-order valence-electron chi connectivity index (χ1n) is 10.5. The van der Waals surface area contributed by atoms with Crippen molar-refractivity contribution in [3.05, 3.63) is 54.1 Å². The van der Waals surface area contributed by atoms with Gasteiger partial charge in [-0.1, -0.05) is 19.1 Å². The van der Waals surface area contributed by atoms with E-state index in [9.17, 15) is 13.2 Å². The van der Waals surface area contributed by atoms with E-state index in [1.165, 1.54) is 28.6 Å². The van der Waals surface area contributed by atoms with Gasteiger partial charge in [0.2, 0.25) is 15.9 Å². The summed E-state index contributed by atoms with van der Waals surface area (Å²) in [6.45, 7) is 3.51. The van der Waals surface area contributed by atoms with E-state index in [0.717, 1.165) is 17.0 Å². The molecule has 0 aromatic heterocycles. The van der Waals surface area contributed by atoms with Crippen LogP contribution in [0.25, 0.3) is 0 Å². The van der Waals surface area contributed by atoms with Crippen LogP contribution in [0.1, 0.15) is 31.7 Å². The van der Waals surface area contributed by atoms with Crippen LogP contribution in [0.4, 0.5) is 5.69 Å². The van der Waals surface area contributed by atoms with Crippen molar-refractivity contribution in [2.45, 2.75) is 41.2 Å². The molecule has 0 bridgehead atoms. The van der Waals surface area contributed by atoms with Crippen LogP contribution in [0, 0.1) is 17.2 Å². The van der Waals surface area contributed by atoms with Gasteiger partial charge in [0.1, 0.15) is 0 Å². The molecule has 1 amide bonds. The van der Waals surface area contributed by atoms with Crippen molar-refractivity contribution >= 4 is 33.4 Å². The van der Waals surface area contributed by atoms with Crippen LogP contribution < -0.4 is 4.90 Å². The minimum Gasteiger partial charge on any atom is -0.311 e. The molecule has 1 saturated heterocycles. The quantitative estimate of drug-likeness (QED) is 0.702. The first-order chi connectivity index (χ1) is 14.9. The lowest BCUT2D eigenvalue weighted by atomic mass is 9.96. The molecular weight excluding hydrogens is 430 g/mol. The van der Waals surface area contributed by atoms with E-state index in [-0.39, 0.29) is 16.7 Å². The van der Waals surface area contributed by atoms with Gasteiger partial charge in [-0.25, -0.2) is 8.42 Å². The SMILES string of the molecule is CC1CCN(C(=O)C2CCN(S(=O)(=O)c3ccc(C#N)cc3)CC2)c2ccccc2S1. The molecule has 2 aromatic carbocycles. The second-order valence-corrected chi connectivity index (χ2v) is 11.4. The molecule has 4 rings (SSSR count). The number of piperidine rings is 1. The van der Waals surface area contributed by atoms with E-state index in [0.29, 0.717) is 43.3 Å². The molecule has 0 saturated carbocycles. The summed E-state index contributed by atoms with van der Waals surface area (Å²) in [5.41, 5.74) is 1.39. The highest BCUT2D eigenvalue weighted by Gasteiger charge is 2.35. The lowest BCUT2D eigenvalue weighted by Crippen LogP contribution is -2.44. The highest BCUT2D eigenvalue weighted by Crippen LogP contribution is 2.38. The topological polar surface area (TPSA) is 81.5 Å². The van der Waals surface area contributed by atoms with E-state index in [1.54, 1.807) is 11.8 Å². The fraction of sp³-hybridized carbons (Fsp3) is 0.391. The lowest BCUT2D eigenvalue weighted by Gasteiger charge is -2.33. The minimum atomic E-state index is -3.63. The number of nitrogens with zero attached hydrogens (tertiary/aromatic N) is 3. The van der Waals surface area contributed by atoms with Crippen LogP contribution in [0.5, 0.6) is 0 Å². The first kappa shape index (κ1) is 21.9. The normalized spacial score (nSPS) is 20.5. The maximum absolute atomic E-state index is 13.4. The number of fused-ring (bicyclic) bond motifs is 1. The first-order valence-corrected chi connectivity index (χ1v) is 12.8. The Labute approximate surface area is 187 Å². The molecule has 0 N–H and O–H groups in total. The van der Waals surface area contributed by atoms with Gasteiger partial charge in [-0.3, -0.25) is 4.79 Å². The Balaban J connectivity index is 1.46. The zero-order valence-corrected chi connectivity index (χ0v) is 19.0. The van der Waals surface area contributed by atoms with E-state index >= 15 is 0 Å². The zero-order chi connectivity index (χ0) is 22.0. The molecule has 2 aliphatic heterocycles. The Morgan fingerprint density at radius 2 is 1.71 bits per heavy atom. The average Bonchev–Trinajstić information content (AvgIpc) is 2.97. The van der Waals surface area contributed by atoms with E-state index in [4.69, 9.17) is 5.26 Å². The van der Waals surface area contributed by atoms with Crippen molar-refractivity contribution in [1.82, 2.24) is 4.31 Å². The Morgan fingerprint density at radius 1 is 1.03 bits per heavy atom. The Morgan fingerprint density at radius 3 is 2.39 bits per heavy atom. The van der Waals surface area contributed by atoms with Crippen LogP contribution in [0.2, 0.25) is 0 Å². The number of nitriles is 1. The molecule has 6 nitrogen and oxygen atoms in total. The molecule has 1 unspecified atom stereocenters. The maximum Gasteiger partial charge on any atom is 0.243 e. The number of sulfonamides is 1. The van der Waals surface area contributed by atoms with Gasteiger partial charge in [0.05, 0.1) is 22.2 Å². The fourth-order valence-corrected chi connectivity index (χ4v) is 6.71. The van der Waals surface area contributed by atoms with Crippen LogP contribution >= 0.6 is 11.8 Å². The molecule has 0 radical (unpaired) electrons. The largest absolute Gasteiger partial charge is 0.311 e. The van der Waals surface area contributed by atoms with Gasteiger partial charge >= 0.3 is 0 Å². The summed E-state index contributed by atoms with van der Waals surface area (Å²) >= 11 is 1.80. The number of hydrogen-bond donors (Lipinski definition) is 0. The molecule has 162 valence electrons. The van der Waals surface area contributed by atoms with E-state index in [1.807, 2.05) is 29.2 Å². The van der Waals surface area contributed by atoms with Crippen LogP contribution in [-0.4, -0.2) is 43.5 Å². The predicted molar refractivity (Wildman–Crippen MR) is 121 cm³/mol. The smallest absolute Gasteiger partial charge is 0.243 e. The third kappa shape index (κ3) is 4.49. The van der Waals surface area contributed by atoms with Gasteiger partial charge in [-0.15, -0.1) is 11.8 Å². The molecule has 2 aliphatic rings. The predicted octanol–water partition coefficient (Wildman–Crippen LogP) is 3.88. The molecule has 1 fully saturated rings. The molecule has 1 atom stereocenters. The second kappa shape index (κ2) is 9.03. The van der Waals surface area contributed by atoms with Crippen LogP contribution in [0.3, 0.4) is 0 Å². The number of carbonyl (C=O) groups excluding carboxylic acids is 1. The second-order valence-electron chi connectivity index (χ2n) is 7.99. The molecule has 2 aromatic rings. The number of amides is 1. The monoisotopic (exact) mass is 455 g/mol. The van der Waals surface area contributed by atoms with Gasteiger partial charge in [0.15, 0.2) is 0 Å². The van der Waals surface area contributed by atoms with Crippen LogP contribution in [-0.2, 0) is 14.8 Å². The third-order valence-electron chi connectivity index (χ3n) is 5.93. The van der Waals surface area contributed by atoms with Crippen molar-refractivity contribution in [3.8, 4) is 6.07 Å². The Hall–Kier alpha value is -2.34. The molecule has 0 spiro atoms. The fourth-order valence-electron chi connectivity index (χ4n) is 4.13. The standard InChI is InChI=1S/C23H25N3O3S2/c1-17-10-15-26(21-4-2-3-5-22(21)30-17)23(27)19-11-13-25(14-12-19)31(28,29)20-8-6-18(16-24)7-9-20/h2-9,17,19H,10-15H2,1H3.